The van der Waals surface area contributed by atoms with Crippen LogP contribution in [-0.4, -0.2) is 18.7 Å². The maximum absolute atomic E-state index is 13.2. The van der Waals surface area contributed by atoms with Crippen LogP contribution in [0.1, 0.15) is 44.7 Å². The second kappa shape index (κ2) is 9.36. The Morgan fingerprint density at radius 3 is 2.53 bits per heavy atom. The van der Waals surface area contributed by atoms with Gasteiger partial charge in [-0.1, -0.05) is 43.1 Å². The van der Waals surface area contributed by atoms with E-state index in [1.54, 1.807) is 37.4 Å². The number of carbonyl (C=O) groups is 2. The summed E-state index contributed by atoms with van der Waals surface area (Å²) in [5.41, 5.74) is 3.68. The highest BCUT2D eigenvalue weighted by Crippen LogP contribution is 2.40. The van der Waals surface area contributed by atoms with Crippen LogP contribution in [0.2, 0.25) is 10.0 Å². The van der Waals surface area contributed by atoms with Crippen molar-refractivity contribution in [1.29, 1.82) is 5.26 Å². The normalized spacial score (nSPS) is 15.3. The number of hydrogen-bond acceptors (Lipinski definition) is 4. The Kier molecular flexibility index (Phi) is 6.97. The Labute approximate surface area is 198 Å². The van der Waals surface area contributed by atoms with Crippen LogP contribution in [0.15, 0.2) is 47.7 Å². The predicted molar refractivity (Wildman–Crippen MR) is 129 cm³/mol. The van der Waals surface area contributed by atoms with Gasteiger partial charge in [0.05, 0.1) is 23.0 Å². The van der Waals surface area contributed by atoms with Gasteiger partial charge in [-0.15, -0.1) is 0 Å². The molecule has 32 heavy (non-hydrogen) atoms. The minimum atomic E-state index is -0.230. The first-order chi connectivity index (χ1) is 15.0. The van der Waals surface area contributed by atoms with Crippen LogP contribution >= 0.6 is 23.2 Å². The molecule has 0 bridgehead atoms. The van der Waals surface area contributed by atoms with Crippen molar-refractivity contribution in [2.75, 3.05) is 17.3 Å². The number of ketones is 1. The van der Waals surface area contributed by atoms with Gasteiger partial charge in [0.25, 0.3) is 0 Å². The number of Topliss-reactive ketones (excluding diaryl/α,β-unsaturated/α-hetero) is 1. The first-order valence-corrected chi connectivity index (χ1v) is 11.0. The number of nitrogens with one attached hydrogen (secondary N) is 1. The molecular formula is C25H25Cl2N3O2. The number of amides is 1. The molecule has 1 aliphatic rings. The molecule has 166 valence electrons. The molecule has 1 aliphatic carbocycles. The summed E-state index contributed by atoms with van der Waals surface area (Å²) in [6.45, 7) is 5.57. The lowest BCUT2D eigenvalue weighted by Gasteiger charge is -2.33. The third kappa shape index (κ3) is 5.32. The van der Waals surface area contributed by atoms with Crippen molar-refractivity contribution >= 4 is 46.3 Å². The van der Waals surface area contributed by atoms with Crippen molar-refractivity contribution in [2.45, 2.75) is 40.0 Å². The van der Waals surface area contributed by atoms with Gasteiger partial charge in [-0.25, -0.2) is 0 Å². The molecule has 5 nitrogen and oxygen atoms in total. The summed E-state index contributed by atoms with van der Waals surface area (Å²) < 4.78 is 0. The van der Waals surface area contributed by atoms with E-state index in [0.29, 0.717) is 51.8 Å². The molecule has 0 aliphatic heterocycles. The smallest absolute Gasteiger partial charge is 0.223 e. The molecule has 2 aromatic carbocycles. The van der Waals surface area contributed by atoms with Crippen LogP contribution in [0.3, 0.4) is 0 Å². The second-order valence-corrected chi connectivity index (χ2v) is 9.70. The maximum atomic E-state index is 13.2. The van der Waals surface area contributed by atoms with Crippen LogP contribution in [0.25, 0.3) is 0 Å². The van der Waals surface area contributed by atoms with Crippen molar-refractivity contribution < 1.29 is 9.59 Å². The average Bonchev–Trinajstić information content (AvgIpc) is 2.70. The molecule has 7 heteroatoms. The van der Waals surface area contributed by atoms with Crippen LogP contribution in [0.5, 0.6) is 0 Å². The van der Waals surface area contributed by atoms with E-state index in [0.717, 1.165) is 11.3 Å². The van der Waals surface area contributed by atoms with Crippen LogP contribution < -0.4 is 10.2 Å². The topological polar surface area (TPSA) is 73.2 Å². The van der Waals surface area contributed by atoms with E-state index < -0.39 is 0 Å². The number of carbonyl (C=O) groups excluding carboxylic acids is 2. The third-order valence-corrected chi connectivity index (χ3v) is 6.21. The van der Waals surface area contributed by atoms with Crippen molar-refractivity contribution in [2.24, 2.45) is 5.41 Å². The molecule has 2 aromatic rings. The van der Waals surface area contributed by atoms with Gasteiger partial charge < -0.3 is 10.2 Å². The number of hydrogen-bond donors (Lipinski definition) is 1. The number of nitriles is 1. The lowest BCUT2D eigenvalue weighted by atomic mass is 9.74. The Morgan fingerprint density at radius 1 is 1.19 bits per heavy atom. The van der Waals surface area contributed by atoms with Crippen molar-refractivity contribution in [3.8, 4) is 6.07 Å². The largest absolute Gasteiger partial charge is 0.357 e. The van der Waals surface area contributed by atoms with Gasteiger partial charge in [0, 0.05) is 48.1 Å². The Balaban J connectivity index is 2.10. The standard InChI is InChI=1S/C25H25Cl2N3O2/c1-15(31)30(4)23-8-5-16(14-28)9-21(23)29-22-12-25(2,3)13-24(32)19(22)10-17-6-7-18(26)11-20(17)27/h5-9,11,29H,10,12-13H2,1-4H3. The van der Waals surface area contributed by atoms with E-state index in [1.165, 1.54) is 11.8 Å². The first-order valence-electron chi connectivity index (χ1n) is 10.3. The molecular weight excluding hydrogens is 445 g/mol. The second-order valence-electron chi connectivity index (χ2n) is 8.86. The monoisotopic (exact) mass is 469 g/mol. The van der Waals surface area contributed by atoms with Gasteiger partial charge >= 0.3 is 0 Å². The maximum Gasteiger partial charge on any atom is 0.223 e. The quantitative estimate of drug-likeness (QED) is 0.569. The van der Waals surface area contributed by atoms with Gasteiger partial charge in [-0.05, 0) is 47.7 Å². The molecule has 0 unspecified atom stereocenters. The summed E-state index contributed by atoms with van der Waals surface area (Å²) >= 11 is 12.4. The van der Waals surface area contributed by atoms with E-state index in [2.05, 4.69) is 11.4 Å². The van der Waals surface area contributed by atoms with Gasteiger partial charge in [0.15, 0.2) is 5.78 Å². The Hall–Kier alpha value is -2.81. The number of halogens is 2. The summed E-state index contributed by atoms with van der Waals surface area (Å²) in [5.74, 6) is -0.0902. The summed E-state index contributed by atoms with van der Waals surface area (Å²) in [7, 11) is 1.67. The number of nitrogens with zero attached hydrogens (tertiary/aromatic N) is 2. The van der Waals surface area contributed by atoms with Gasteiger partial charge in [0.2, 0.25) is 5.91 Å². The van der Waals surface area contributed by atoms with Gasteiger partial charge in [-0.2, -0.15) is 5.26 Å². The number of allylic oxidation sites excluding steroid dienone is 2. The summed E-state index contributed by atoms with van der Waals surface area (Å²) in [4.78, 5) is 26.7. The summed E-state index contributed by atoms with van der Waals surface area (Å²) in [5, 5.41) is 13.8. The molecule has 0 heterocycles. The molecule has 1 N–H and O–H groups in total. The van der Waals surface area contributed by atoms with Gasteiger partial charge in [-0.3, -0.25) is 9.59 Å². The number of anilines is 2. The average molecular weight is 470 g/mol. The minimum absolute atomic E-state index is 0.0488. The molecule has 0 atom stereocenters. The molecule has 0 fully saturated rings. The van der Waals surface area contributed by atoms with E-state index >= 15 is 0 Å². The molecule has 1 amide bonds. The number of benzene rings is 2. The lowest BCUT2D eigenvalue weighted by Crippen LogP contribution is -2.30. The van der Waals surface area contributed by atoms with E-state index in [9.17, 15) is 14.9 Å². The molecule has 0 aromatic heterocycles. The van der Waals surface area contributed by atoms with E-state index in [1.807, 2.05) is 19.9 Å². The third-order valence-electron chi connectivity index (χ3n) is 5.62. The van der Waals surface area contributed by atoms with Crippen molar-refractivity contribution in [3.05, 3.63) is 68.8 Å². The zero-order valence-electron chi connectivity index (χ0n) is 18.6. The van der Waals surface area contributed by atoms with Crippen LogP contribution in [0, 0.1) is 16.7 Å². The van der Waals surface area contributed by atoms with Crippen LogP contribution in [-0.2, 0) is 16.0 Å². The zero-order valence-corrected chi connectivity index (χ0v) is 20.1. The van der Waals surface area contributed by atoms with Crippen molar-refractivity contribution in [1.82, 2.24) is 0 Å². The van der Waals surface area contributed by atoms with Crippen LogP contribution in [0.4, 0.5) is 11.4 Å². The molecule has 0 saturated heterocycles. The summed E-state index contributed by atoms with van der Waals surface area (Å²) in [6.07, 6.45) is 1.43. The Morgan fingerprint density at radius 2 is 1.91 bits per heavy atom. The van der Waals surface area contributed by atoms with Gasteiger partial charge in [0.1, 0.15) is 0 Å². The minimum Gasteiger partial charge on any atom is -0.357 e. The molecule has 0 spiro atoms. The lowest BCUT2D eigenvalue weighted by molar-refractivity contribution is -0.118. The van der Waals surface area contributed by atoms with E-state index in [-0.39, 0.29) is 17.1 Å². The SMILES string of the molecule is CC(=O)N(C)c1ccc(C#N)cc1NC1=C(Cc2ccc(Cl)cc2Cl)C(=O)CC(C)(C)C1. The zero-order chi connectivity index (χ0) is 23.6. The molecule has 0 radical (unpaired) electrons. The van der Waals surface area contributed by atoms with Crippen molar-refractivity contribution in [3.63, 3.8) is 0 Å². The predicted octanol–water partition coefficient (Wildman–Crippen LogP) is 6.15. The fourth-order valence-corrected chi connectivity index (χ4v) is 4.34. The first kappa shape index (κ1) is 23.8. The number of rotatable bonds is 5. The highest BCUT2D eigenvalue weighted by Gasteiger charge is 2.33. The van der Waals surface area contributed by atoms with E-state index in [4.69, 9.17) is 23.2 Å². The molecule has 3 rings (SSSR count). The Bertz CT molecular complexity index is 1160. The fraction of sp³-hybridized carbons (Fsp3) is 0.320. The summed E-state index contributed by atoms with van der Waals surface area (Å²) in [6, 6.07) is 12.5. The molecule has 0 saturated carbocycles. The highest BCUT2D eigenvalue weighted by molar-refractivity contribution is 6.35. The highest BCUT2D eigenvalue weighted by atomic mass is 35.5. The fourth-order valence-electron chi connectivity index (χ4n) is 3.87.